The molecular formula is C16H22N2O3S. The van der Waals surface area contributed by atoms with Gasteiger partial charge in [-0.2, -0.15) is 17.6 Å². The minimum Gasteiger partial charge on any atom is -0.494 e. The molecule has 0 unspecified atom stereocenters. The van der Waals surface area contributed by atoms with Crippen LogP contribution in [0.1, 0.15) is 43.5 Å². The average molecular weight is 322 g/mol. The third kappa shape index (κ3) is 3.02. The first kappa shape index (κ1) is 16.5. The van der Waals surface area contributed by atoms with Crippen LogP contribution in [0.2, 0.25) is 0 Å². The maximum Gasteiger partial charge on any atom is 0.283 e. The second-order valence-electron chi connectivity index (χ2n) is 5.58. The number of ether oxygens (including phenoxy) is 1. The third-order valence-corrected chi connectivity index (χ3v) is 5.14. The third-order valence-electron chi connectivity index (χ3n) is 3.45. The SMILES string of the molecule is CCOc1cc(C)c(S(=O)(=O)n2ccc(C)n2)cc1C(C)C. The Morgan fingerprint density at radius 2 is 1.95 bits per heavy atom. The fraction of sp³-hybridized carbons (Fsp3) is 0.438. The monoisotopic (exact) mass is 322 g/mol. The van der Waals surface area contributed by atoms with Gasteiger partial charge in [0.25, 0.3) is 10.0 Å². The van der Waals surface area contributed by atoms with Crippen molar-refractivity contribution in [3.8, 4) is 5.75 Å². The number of aryl methyl sites for hydroxylation is 2. The lowest BCUT2D eigenvalue weighted by atomic mass is 10.0. The second kappa shape index (κ2) is 6.12. The highest BCUT2D eigenvalue weighted by molar-refractivity contribution is 7.89. The zero-order chi connectivity index (χ0) is 16.5. The Morgan fingerprint density at radius 1 is 1.27 bits per heavy atom. The van der Waals surface area contributed by atoms with Crippen LogP contribution in [0.5, 0.6) is 5.75 Å². The van der Waals surface area contributed by atoms with Crippen molar-refractivity contribution in [1.29, 1.82) is 0 Å². The lowest BCUT2D eigenvalue weighted by Crippen LogP contribution is -2.16. The summed E-state index contributed by atoms with van der Waals surface area (Å²) in [5.74, 6) is 0.904. The van der Waals surface area contributed by atoms with Gasteiger partial charge in [-0.15, -0.1) is 0 Å². The van der Waals surface area contributed by atoms with Crippen LogP contribution in [0, 0.1) is 13.8 Å². The highest BCUT2D eigenvalue weighted by Crippen LogP contribution is 2.32. The van der Waals surface area contributed by atoms with E-state index >= 15 is 0 Å². The summed E-state index contributed by atoms with van der Waals surface area (Å²) in [4.78, 5) is 0.266. The molecule has 0 amide bonds. The molecule has 5 nitrogen and oxygen atoms in total. The van der Waals surface area contributed by atoms with Gasteiger partial charge >= 0.3 is 0 Å². The Hall–Kier alpha value is -1.82. The lowest BCUT2D eigenvalue weighted by Gasteiger charge is -2.17. The van der Waals surface area contributed by atoms with Gasteiger partial charge in [-0.1, -0.05) is 13.8 Å². The van der Waals surface area contributed by atoms with Gasteiger partial charge in [0.05, 0.1) is 17.2 Å². The molecule has 0 aliphatic heterocycles. The van der Waals surface area contributed by atoms with Crippen LogP contribution in [0.3, 0.4) is 0 Å². The molecule has 0 N–H and O–H groups in total. The number of benzene rings is 1. The lowest BCUT2D eigenvalue weighted by molar-refractivity contribution is 0.334. The van der Waals surface area contributed by atoms with E-state index in [9.17, 15) is 8.42 Å². The minimum atomic E-state index is -3.69. The first-order valence-corrected chi connectivity index (χ1v) is 8.76. The molecule has 22 heavy (non-hydrogen) atoms. The second-order valence-corrected chi connectivity index (χ2v) is 7.34. The first-order valence-electron chi connectivity index (χ1n) is 7.32. The summed E-state index contributed by atoms with van der Waals surface area (Å²) in [7, 11) is -3.69. The Bertz CT molecular complexity index is 777. The van der Waals surface area contributed by atoms with Gasteiger partial charge in [0.1, 0.15) is 5.75 Å². The molecule has 0 aliphatic rings. The van der Waals surface area contributed by atoms with E-state index in [0.29, 0.717) is 17.9 Å². The number of aromatic nitrogens is 2. The van der Waals surface area contributed by atoms with Gasteiger partial charge < -0.3 is 4.74 Å². The fourth-order valence-corrected chi connectivity index (χ4v) is 3.72. The molecule has 6 heteroatoms. The summed E-state index contributed by atoms with van der Waals surface area (Å²) >= 11 is 0. The van der Waals surface area contributed by atoms with E-state index in [4.69, 9.17) is 4.74 Å². The number of hydrogen-bond acceptors (Lipinski definition) is 4. The molecular weight excluding hydrogens is 300 g/mol. The highest BCUT2D eigenvalue weighted by Gasteiger charge is 2.23. The van der Waals surface area contributed by atoms with Gasteiger partial charge in [-0.25, -0.2) is 0 Å². The van der Waals surface area contributed by atoms with Crippen molar-refractivity contribution in [1.82, 2.24) is 9.19 Å². The minimum absolute atomic E-state index is 0.162. The van der Waals surface area contributed by atoms with Crippen molar-refractivity contribution in [3.63, 3.8) is 0 Å². The quantitative estimate of drug-likeness (QED) is 0.847. The summed E-state index contributed by atoms with van der Waals surface area (Å²) in [6.07, 6.45) is 1.47. The van der Waals surface area contributed by atoms with E-state index in [1.54, 1.807) is 32.0 Å². The average Bonchev–Trinajstić information content (AvgIpc) is 2.86. The van der Waals surface area contributed by atoms with Crippen LogP contribution in [0.15, 0.2) is 29.3 Å². The van der Waals surface area contributed by atoms with Crippen LogP contribution < -0.4 is 4.74 Å². The Morgan fingerprint density at radius 3 is 2.45 bits per heavy atom. The maximum atomic E-state index is 12.8. The molecule has 0 aliphatic carbocycles. The first-order chi connectivity index (χ1) is 10.3. The topological polar surface area (TPSA) is 61.2 Å². The fourth-order valence-electron chi connectivity index (χ4n) is 2.32. The zero-order valence-corrected chi connectivity index (χ0v) is 14.4. The van der Waals surface area contributed by atoms with E-state index in [0.717, 1.165) is 15.4 Å². The molecule has 0 radical (unpaired) electrons. The van der Waals surface area contributed by atoms with Crippen LogP contribution in [-0.2, 0) is 10.0 Å². The predicted molar refractivity (Wildman–Crippen MR) is 86.0 cm³/mol. The highest BCUT2D eigenvalue weighted by atomic mass is 32.2. The van der Waals surface area contributed by atoms with Crippen molar-refractivity contribution < 1.29 is 13.2 Å². The summed E-state index contributed by atoms with van der Waals surface area (Å²) < 4.78 is 32.2. The molecule has 2 aromatic rings. The Kier molecular flexibility index (Phi) is 4.60. The summed E-state index contributed by atoms with van der Waals surface area (Å²) in [6, 6.07) is 5.17. The Balaban J connectivity index is 2.63. The van der Waals surface area contributed by atoms with Crippen molar-refractivity contribution in [2.45, 2.75) is 45.4 Å². The van der Waals surface area contributed by atoms with Gasteiger partial charge in [-0.05, 0) is 56.0 Å². The summed E-state index contributed by atoms with van der Waals surface area (Å²) in [5.41, 5.74) is 2.20. The molecule has 2 rings (SSSR count). The molecule has 0 atom stereocenters. The van der Waals surface area contributed by atoms with E-state index in [1.165, 1.54) is 6.20 Å². The van der Waals surface area contributed by atoms with E-state index in [-0.39, 0.29) is 10.8 Å². The molecule has 120 valence electrons. The van der Waals surface area contributed by atoms with E-state index in [1.807, 2.05) is 20.8 Å². The van der Waals surface area contributed by atoms with Gasteiger partial charge in [-0.3, -0.25) is 0 Å². The van der Waals surface area contributed by atoms with E-state index in [2.05, 4.69) is 5.10 Å². The maximum absolute atomic E-state index is 12.8. The van der Waals surface area contributed by atoms with E-state index < -0.39 is 10.0 Å². The van der Waals surface area contributed by atoms with Crippen molar-refractivity contribution in [2.24, 2.45) is 0 Å². The van der Waals surface area contributed by atoms with Gasteiger partial charge in [0, 0.05) is 6.20 Å². The number of nitrogens with zero attached hydrogens (tertiary/aromatic N) is 2. The van der Waals surface area contributed by atoms with Crippen molar-refractivity contribution >= 4 is 10.0 Å². The van der Waals surface area contributed by atoms with Crippen LogP contribution >= 0.6 is 0 Å². The molecule has 0 saturated carbocycles. The van der Waals surface area contributed by atoms with Crippen LogP contribution in [0.25, 0.3) is 0 Å². The molecule has 1 aromatic carbocycles. The number of rotatable bonds is 5. The molecule has 0 saturated heterocycles. The molecule has 1 aromatic heterocycles. The summed E-state index contributed by atoms with van der Waals surface area (Å²) in [5, 5.41) is 4.03. The summed E-state index contributed by atoms with van der Waals surface area (Å²) in [6.45, 7) is 10.0. The molecule has 0 fully saturated rings. The van der Waals surface area contributed by atoms with Gasteiger partial charge in [0.2, 0.25) is 0 Å². The predicted octanol–water partition coefficient (Wildman–Crippen LogP) is 3.26. The smallest absolute Gasteiger partial charge is 0.283 e. The normalized spacial score (nSPS) is 11.9. The number of hydrogen-bond donors (Lipinski definition) is 0. The molecule has 0 bridgehead atoms. The van der Waals surface area contributed by atoms with Gasteiger partial charge in [0.15, 0.2) is 0 Å². The standard InChI is InChI=1S/C16H22N2O3S/c1-6-21-15-9-12(4)16(10-14(15)11(2)3)22(19,20)18-8-7-13(5)17-18/h7-11H,6H2,1-5H3. The largest absolute Gasteiger partial charge is 0.494 e. The zero-order valence-electron chi connectivity index (χ0n) is 13.6. The Labute approximate surface area is 132 Å². The molecule has 0 spiro atoms. The van der Waals surface area contributed by atoms with Crippen molar-refractivity contribution in [2.75, 3.05) is 6.61 Å². The van der Waals surface area contributed by atoms with Crippen LogP contribution in [0.4, 0.5) is 0 Å². The van der Waals surface area contributed by atoms with Crippen molar-refractivity contribution in [3.05, 3.63) is 41.2 Å². The molecule has 1 heterocycles. The van der Waals surface area contributed by atoms with Crippen LogP contribution in [-0.4, -0.2) is 24.2 Å².